The smallest absolute Gasteiger partial charge is 0.284 e. The molecule has 2 aliphatic carbocycles. The van der Waals surface area contributed by atoms with E-state index in [1.807, 2.05) is 27.8 Å². The summed E-state index contributed by atoms with van der Waals surface area (Å²) in [5.41, 5.74) is 2.08. The molecule has 0 spiro atoms. The second-order valence-electron chi connectivity index (χ2n) is 18.2. The van der Waals surface area contributed by atoms with Gasteiger partial charge in [0, 0.05) is 56.9 Å². The van der Waals surface area contributed by atoms with Gasteiger partial charge in [-0.05, 0) is 69.4 Å². The van der Waals surface area contributed by atoms with E-state index in [0.29, 0.717) is 69.4 Å². The number of carbonyl (C=O) groups is 3. The number of carbonyl (C=O) groups excluding carboxylic acids is 3. The zero-order valence-electron chi connectivity index (χ0n) is 36.8. The van der Waals surface area contributed by atoms with Gasteiger partial charge in [0.25, 0.3) is 12.3 Å². The zero-order valence-corrected chi connectivity index (χ0v) is 36.8. The van der Waals surface area contributed by atoms with Gasteiger partial charge < -0.3 is 19.7 Å². The number of halogens is 3. The Morgan fingerprint density at radius 2 is 1.87 bits per heavy atom. The quantitative estimate of drug-likeness (QED) is 0.116. The predicted molar refractivity (Wildman–Crippen MR) is 237 cm³/mol. The third-order valence-corrected chi connectivity index (χ3v) is 13.7. The summed E-state index contributed by atoms with van der Waals surface area (Å²) in [6, 6.07) is 9.75. The lowest BCUT2D eigenvalue weighted by atomic mass is 9.85. The van der Waals surface area contributed by atoms with E-state index >= 15 is 4.39 Å². The SMILES string of the molecule is N#CCC1CN(c2ccn3ncc(C(=O)Nc4cn(C5CCC(CN6CC[C@H](OCC#Cc7cccc8c(C9CCC(=O)NC9=O)nn(C9CC9)c78)[C@H](F)C6)CC5)nc4C(F)F)c3n2)CCO1. The van der Waals surface area contributed by atoms with Crippen molar-refractivity contribution in [2.45, 2.75) is 107 Å². The zero-order chi connectivity index (χ0) is 46.2. The van der Waals surface area contributed by atoms with E-state index in [4.69, 9.17) is 19.8 Å². The van der Waals surface area contributed by atoms with Gasteiger partial charge in [0.1, 0.15) is 24.2 Å². The van der Waals surface area contributed by atoms with Crippen LogP contribution >= 0.6 is 0 Å². The Bertz CT molecular complexity index is 2780. The number of rotatable bonds is 12. The normalized spacial score (nSPS) is 25.0. The van der Waals surface area contributed by atoms with Crippen molar-refractivity contribution >= 4 is 45.8 Å². The molecule has 350 valence electrons. The first-order valence-corrected chi connectivity index (χ1v) is 23.2. The van der Waals surface area contributed by atoms with E-state index in [0.717, 1.165) is 48.7 Å². The van der Waals surface area contributed by atoms with Crippen molar-refractivity contribution in [1.29, 1.82) is 5.26 Å². The number of anilines is 2. The van der Waals surface area contributed by atoms with E-state index in [-0.39, 0.29) is 72.9 Å². The molecule has 5 aromatic rings. The predicted octanol–water partition coefficient (Wildman–Crippen LogP) is 5.65. The molecule has 1 aromatic carbocycles. The molecule has 4 aromatic heterocycles. The van der Waals surface area contributed by atoms with Gasteiger partial charge in [0.05, 0.1) is 78.0 Å². The number of nitrogens with zero attached hydrogens (tertiary/aromatic N) is 10. The standard InChI is InChI=1S/C47H51F3N12O5/c48-36-26-58(18-15-38(36)67-21-2-4-29-3-1-5-33-41(34-12-13-40(63)55-46(34)64)57-62(43(29)33)31-10-11-31)24-28-6-8-30(9-7-28)61-27-37(42(56-61)44(49)50)53-47(65)35-23-52-60-19-16-39(54-45(35)60)59-20-22-66-32(25-59)14-17-51/h1,3,5,16,19,23,27-28,30-32,34,36,38,44H,6-15,18,20-22,24-26H2,(H,53,65)(H,55,63,64)/t28?,30?,32?,34?,36-,38+/m1/s1. The van der Waals surface area contributed by atoms with Crippen molar-refractivity contribution in [3.05, 3.63) is 65.4 Å². The fraction of sp³-hybridized carbons (Fsp3) is 0.532. The lowest BCUT2D eigenvalue weighted by Gasteiger charge is -2.38. The first-order chi connectivity index (χ1) is 32.6. The number of amides is 3. The van der Waals surface area contributed by atoms with Gasteiger partial charge in [0.15, 0.2) is 11.3 Å². The number of ether oxygens (including phenoxy) is 2. The summed E-state index contributed by atoms with van der Waals surface area (Å²) >= 11 is 0. The summed E-state index contributed by atoms with van der Waals surface area (Å²) in [7, 11) is 0. The van der Waals surface area contributed by atoms with Crippen LogP contribution in [0.3, 0.4) is 0 Å². The topological polar surface area (TPSA) is 190 Å². The largest absolute Gasteiger partial charge is 0.373 e. The summed E-state index contributed by atoms with van der Waals surface area (Å²) in [5.74, 6) is 5.46. The van der Waals surface area contributed by atoms with Crippen LogP contribution in [0.5, 0.6) is 0 Å². The number of likely N-dealkylation sites (tertiary alicyclic amines) is 1. The number of imide groups is 1. The minimum absolute atomic E-state index is 0.0647. The van der Waals surface area contributed by atoms with E-state index in [9.17, 15) is 23.2 Å². The fourth-order valence-electron chi connectivity index (χ4n) is 10.0. The average molecular weight is 921 g/mol. The monoisotopic (exact) mass is 920 g/mol. The van der Waals surface area contributed by atoms with Crippen molar-refractivity contribution in [3.63, 3.8) is 0 Å². The highest BCUT2D eigenvalue weighted by Gasteiger charge is 2.36. The van der Waals surface area contributed by atoms with Crippen LogP contribution in [-0.2, 0) is 19.1 Å². The van der Waals surface area contributed by atoms with Gasteiger partial charge >= 0.3 is 0 Å². The lowest BCUT2D eigenvalue weighted by molar-refractivity contribution is -0.134. The Labute approximate surface area is 383 Å². The molecule has 5 fully saturated rings. The van der Waals surface area contributed by atoms with Crippen LogP contribution in [0.15, 0.2) is 42.9 Å². The number of hydrogen-bond acceptors (Lipinski definition) is 12. The van der Waals surface area contributed by atoms with Crippen molar-refractivity contribution in [2.75, 3.05) is 56.2 Å². The third kappa shape index (κ3) is 9.47. The van der Waals surface area contributed by atoms with Crippen LogP contribution in [0.1, 0.15) is 116 Å². The Hall–Kier alpha value is -6.35. The molecule has 0 radical (unpaired) electrons. The van der Waals surface area contributed by atoms with E-state index < -0.39 is 36.2 Å². The van der Waals surface area contributed by atoms with E-state index in [1.165, 1.54) is 16.9 Å². The number of piperidine rings is 2. The van der Waals surface area contributed by atoms with E-state index in [2.05, 4.69) is 48.6 Å². The van der Waals surface area contributed by atoms with Gasteiger partial charge in [-0.2, -0.15) is 20.6 Å². The summed E-state index contributed by atoms with van der Waals surface area (Å²) in [4.78, 5) is 46.9. The van der Waals surface area contributed by atoms with Crippen molar-refractivity contribution in [2.24, 2.45) is 5.92 Å². The second-order valence-corrected chi connectivity index (χ2v) is 18.2. The molecule has 3 saturated heterocycles. The third-order valence-electron chi connectivity index (χ3n) is 13.7. The molecule has 7 heterocycles. The number of nitriles is 1. The Balaban J connectivity index is 0.712. The summed E-state index contributed by atoms with van der Waals surface area (Å²) in [6.45, 7) is 3.17. The maximum absolute atomic E-state index is 15.6. The number of hydrogen-bond donors (Lipinski definition) is 2. The molecule has 17 nitrogen and oxygen atoms in total. The van der Waals surface area contributed by atoms with Crippen molar-refractivity contribution in [3.8, 4) is 17.9 Å². The summed E-state index contributed by atoms with van der Waals surface area (Å²) in [6.07, 6.45) is 6.03. The molecule has 2 N–H and O–H groups in total. The second kappa shape index (κ2) is 19.1. The Morgan fingerprint density at radius 3 is 2.64 bits per heavy atom. The highest BCUT2D eigenvalue weighted by Crippen LogP contribution is 2.41. The molecule has 3 aliphatic heterocycles. The molecule has 10 rings (SSSR count). The van der Waals surface area contributed by atoms with Crippen LogP contribution in [0.25, 0.3) is 16.6 Å². The highest BCUT2D eigenvalue weighted by molar-refractivity contribution is 6.08. The van der Waals surface area contributed by atoms with Crippen LogP contribution < -0.4 is 15.5 Å². The molecule has 67 heavy (non-hydrogen) atoms. The fourth-order valence-corrected chi connectivity index (χ4v) is 10.0. The summed E-state index contributed by atoms with van der Waals surface area (Å²) in [5, 5.41) is 28.4. The Kier molecular flexibility index (Phi) is 12.7. The molecular weight excluding hydrogens is 870 g/mol. The number of morpholine rings is 1. The first-order valence-electron chi connectivity index (χ1n) is 23.2. The summed E-state index contributed by atoms with van der Waals surface area (Å²) < 4.78 is 60.8. The van der Waals surface area contributed by atoms with Gasteiger partial charge in [0.2, 0.25) is 11.8 Å². The number of para-hydroxylation sites is 1. The number of aromatic nitrogens is 7. The van der Waals surface area contributed by atoms with Gasteiger partial charge in [-0.25, -0.2) is 22.7 Å². The van der Waals surface area contributed by atoms with E-state index in [1.54, 1.807) is 16.9 Å². The number of nitrogens with one attached hydrogen (secondary N) is 2. The maximum Gasteiger partial charge on any atom is 0.284 e. The molecule has 5 aliphatic rings. The first kappa shape index (κ1) is 44.5. The lowest BCUT2D eigenvalue weighted by Crippen LogP contribution is -2.47. The number of fused-ring (bicyclic) bond motifs is 2. The van der Waals surface area contributed by atoms with Crippen molar-refractivity contribution < 1.29 is 37.0 Å². The molecule has 2 unspecified atom stereocenters. The Morgan fingerprint density at radius 1 is 1.03 bits per heavy atom. The molecule has 20 heteroatoms. The highest BCUT2D eigenvalue weighted by atomic mass is 19.3. The van der Waals surface area contributed by atoms with Gasteiger partial charge in [-0.1, -0.05) is 24.0 Å². The van der Waals surface area contributed by atoms with Gasteiger partial charge in [-0.15, -0.1) is 0 Å². The molecule has 0 bridgehead atoms. The molecule has 3 amide bonds. The molecule has 4 atom stereocenters. The number of alkyl halides is 3. The maximum atomic E-state index is 15.6. The number of benzene rings is 1. The van der Waals surface area contributed by atoms with Crippen LogP contribution in [0.4, 0.5) is 24.7 Å². The average Bonchev–Trinajstić information content (AvgIpc) is 3.75. The van der Waals surface area contributed by atoms with Crippen LogP contribution in [0, 0.1) is 29.1 Å². The van der Waals surface area contributed by atoms with Gasteiger partial charge in [-0.3, -0.25) is 34.0 Å². The molecule has 2 saturated carbocycles. The van der Waals surface area contributed by atoms with Crippen LogP contribution in [-0.4, -0.2) is 121 Å². The van der Waals surface area contributed by atoms with Crippen molar-refractivity contribution in [1.82, 2.24) is 44.4 Å². The minimum Gasteiger partial charge on any atom is -0.373 e. The van der Waals surface area contributed by atoms with Crippen LogP contribution in [0.2, 0.25) is 0 Å². The molecular formula is C47H51F3N12O5. The minimum atomic E-state index is -2.92.